The van der Waals surface area contributed by atoms with Crippen molar-refractivity contribution in [3.8, 4) is 0 Å². The lowest BCUT2D eigenvalue weighted by atomic mass is 10.1. The Hall–Kier alpha value is -0.130. The van der Waals surface area contributed by atoms with Crippen LogP contribution in [0.1, 0.15) is 19.8 Å². The van der Waals surface area contributed by atoms with Crippen LogP contribution in [-0.4, -0.2) is 38.1 Å². The van der Waals surface area contributed by atoms with E-state index >= 15 is 0 Å². The Bertz CT molecular complexity index is 251. The largest absolute Gasteiger partial charge is 0.330 e. The summed E-state index contributed by atoms with van der Waals surface area (Å²) in [6.07, 6.45) is 1.60. The molecular weight excluding hydrogens is 188 g/mol. The molecule has 0 aromatic rings. The van der Waals surface area contributed by atoms with Crippen molar-refractivity contribution in [3.05, 3.63) is 0 Å². The molecule has 78 valence electrons. The maximum atomic E-state index is 11.6. The summed E-state index contributed by atoms with van der Waals surface area (Å²) >= 11 is 0. The van der Waals surface area contributed by atoms with E-state index in [1.807, 2.05) is 6.92 Å². The molecule has 0 spiro atoms. The van der Waals surface area contributed by atoms with Gasteiger partial charge < -0.3 is 5.73 Å². The van der Waals surface area contributed by atoms with Gasteiger partial charge in [0.2, 0.25) is 10.0 Å². The van der Waals surface area contributed by atoms with E-state index in [2.05, 4.69) is 0 Å². The first-order chi connectivity index (χ1) is 6.10. The van der Waals surface area contributed by atoms with Crippen LogP contribution in [0.4, 0.5) is 0 Å². The summed E-state index contributed by atoms with van der Waals surface area (Å²) in [4.78, 5) is 0. The van der Waals surface area contributed by atoms with E-state index in [9.17, 15) is 8.42 Å². The third-order valence-corrected chi connectivity index (χ3v) is 4.48. The highest BCUT2D eigenvalue weighted by Crippen LogP contribution is 2.18. The first-order valence-corrected chi connectivity index (χ1v) is 6.39. The predicted octanol–water partition coefficient (Wildman–Crippen LogP) is 0.00680. The fourth-order valence-electron chi connectivity index (χ4n) is 1.63. The van der Waals surface area contributed by atoms with Crippen molar-refractivity contribution in [2.45, 2.75) is 19.8 Å². The zero-order chi connectivity index (χ0) is 9.90. The predicted molar refractivity (Wildman–Crippen MR) is 52.8 cm³/mol. The van der Waals surface area contributed by atoms with Crippen molar-refractivity contribution < 1.29 is 8.42 Å². The van der Waals surface area contributed by atoms with Crippen LogP contribution < -0.4 is 5.73 Å². The van der Waals surface area contributed by atoms with Gasteiger partial charge in [-0.3, -0.25) is 0 Å². The normalized spacial score (nSPS) is 25.2. The van der Waals surface area contributed by atoms with Gasteiger partial charge in [0.15, 0.2) is 0 Å². The highest BCUT2D eigenvalue weighted by atomic mass is 32.2. The van der Waals surface area contributed by atoms with E-state index in [1.54, 1.807) is 4.31 Å². The SMILES string of the molecule is CCCS(=O)(=O)N1CCC(CN)C1. The van der Waals surface area contributed by atoms with Crippen molar-refractivity contribution in [1.29, 1.82) is 0 Å². The Labute approximate surface area is 80.1 Å². The van der Waals surface area contributed by atoms with E-state index < -0.39 is 10.0 Å². The summed E-state index contributed by atoms with van der Waals surface area (Å²) < 4.78 is 24.7. The summed E-state index contributed by atoms with van der Waals surface area (Å²) in [5, 5.41) is 0. The Balaban J connectivity index is 2.55. The molecule has 1 rings (SSSR count). The molecule has 0 saturated carbocycles. The van der Waals surface area contributed by atoms with Crippen LogP contribution in [-0.2, 0) is 10.0 Å². The van der Waals surface area contributed by atoms with Crippen molar-refractivity contribution in [3.63, 3.8) is 0 Å². The first kappa shape index (κ1) is 10.9. The lowest BCUT2D eigenvalue weighted by Crippen LogP contribution is -2.31. The Kier molecular flexibility index (Phi) is 3.70. The summed E-state index contributed by atoms with van der Waals surface area (Å²) in [7, 11) is -2.98. The molecule has 0 radical (unpaired) electrons. The third kappa shape index (κ3) is 2.65. The zero-order valence-corrected chi connectivity index (χ0v) is 8.89. The van der Waals surface area contributed by atoms with Crippen LogP contribution in [0.3, 0.4) is 0 Å². The molecule has 0 aromatic heterocycles. The minimum atomic E-state index is -2.98. The van der Waals surface area contributed by atoms with Crippen molar-refractivity contribution in [2.24, 2.45) is 11.7 Å². The molecule has 1 aliphatic rings. The summed E-state index contributed by atoms with van der Waals surface area (Å²) in [5.74, 6) is 0.635. The van der Waals surface area contributed by atoms with Crippen LogP contribution in [0.15, 0.2) is 0 Å². The molecule has 1 saturated heterocycles. The number of rotatable bonds is 4. The number of hydrogen-bond acceptors (Lipinski definition) is 3. The Morgan fingerprint density at radius 3 is 2.69 bits per heavy atom. The molecule has 1 fully saturated rings. The zero-order valence-electron chi connectivity index (χ0n) is 8.07. The van der Waals surface area contributed by atoms with E-state index in [4.69, 9.17) is 5.73 Å². The minimum Gasteiger partial charge on any atom is -0.330 e. The van der Waals surface area contributed by atoms with Gasteiger partial charge in [-0.1, -0.05) is 6.92 Å². The van der Waals surface area contributed by atoms with E-state index in [-0.39, 0.29) is 5.75 Å². The summed E-state index contributed by atoms with van der Waals surface area (Å²) in [6, 6.07) is 0. The Morgan fingerprint density at radius 1 is 1.54 bits per heavy atom. The lowest BCUT2D eigenvalue weighted by molar-refractivity contribution is 0.458. The highest BCUT2D eigenvalue weighted by molar-refractivity contribution is 7.89. The van der Waals surface area contributed by atoms with Crippen LogP contribution in [0, 0.1) is 5.92 Å². The smallest absolute Gasteiger partial charge is 0.214 e. The average molecular weight is 206 g/mol. The molecule has 0 aliphatic carbocycles. The standard InChI is InChI=1S/C8H18N2O2S/c1-2-5-13(11,12)10-4-3-8(6-9)7-10/h8H,2-7,9H2,1H3. The van der Waals surface area contributed by atoms with E-state index in [1.165, 1.54) is 0 Å². The third-order valence-electron chi connectivity index (χ3n) is 2.44. The summed E-state index contributed by atoms with van der Waals surface area (Å²) in [6.45, 7) is 3.76. The quantitative estimate of drug-likeness (QED) is 0.704. The second-order valence-corrected chi connectivity index (χ2v) is 5.65. The fraction of sp³-hybridized carbons (Fsp3) is 1.00. The van der Waals surface area contributed by atoms with Crippen LogP contribution >= 0.6 is 0 Å². The maximum absolute atomic E-state index is 11.6. The van der Waals surface area contributed by atoms with Gasteiger partial charge in [-0.05, 0) is 25.3 Å². The molecule has 5 heteroatoms. The molecule has 13 heavy (non-hydrogen) atoms. The topological polar surface area (TPSA) is 63.4 Å². The van der Waals surface area contributed by atoms with Gasteiger partial charge in [0, 0.05) is 13.1 Å². The van der Waals surface area contributed by atoms with Crippen LogP contribution in [0.5, 0.6) is 0 Å². The van der Waals surface area contributed by atoms with Crippen LogP contribution in [0.25, 0.3) is 0 Å². The van der Waals surface area contributed by atoms with Crippen molar-refractivity contribution in [1.82, 2.24) is 4.31 Å². The van der Waals surface area contributed by atoms with Gasteiger partial charge in [0.25, 0.3) is 0 Å². The molecular formula is C8H18N2O2S. The fourth-order valence-corrected chi connectivity index (χ4v) is 3.22. The van der Waals surface area contributed by atoms with Gasteiger partial charge in [-0.2, -0.15) is 0 Å². The first-order valence-electron chi connectivity index (χ1n) is 4.78. The van der Waals surface area contributed by atoms with E-state index in [0.29, 0.717) is 32.0 Å². The average Bonchev–Trinajstić information content (AvgIpc) is 2.52. The monoisotopic (exact) mass is 206 g/mol. The molecule has 1 unspecified atom stereocenters. The molecule has 0 bridgehead atoms. The highest BCUT2D eigenvalue weighted by Gasteiger charge is 2.29. The number of nitrogens with zero attached hydrogens (tertiary/aromatic N) is 1. The second-order valence-electron chi connectivity index (χ2n) is 3.56. The van der Waals surface area contributed by atoms with Crippen molar-refractivity contribution >= 4 is 10.0 Å². The number of nitrogens with two attached hydrogens (primary N) is 1. The molecule has 1 atom stereocenters. The van der Waals surface area contributed by atoms with Gasteiger partial charge in [-0.25, -0.2) is 12.7 Å². The lowest BCUT2D eigenvalue weighted by Gasteiger charge is -2.15. The van der Waals surface area contributed by atoms with Crippen LogP contribution in [0.2, 0.25) is 0 Å². The summed E-state index contributed by atoms with van der Waals surface area (Å²) in [5.41, 5.74) is 5.49. The van der Waals surface area contributed by atoms with Gasteiger partial charge in [0.05, 0.1) is 5.75 Å². The molecule has 1 heterocycles. The second kappa shape index (κ2) is 4.39. The van der Waals surface area contributed by atoms with E-state index in [0.717, 1.165) is 6.42 Å². The number of sulfonamides is 1. The molecule has 0 amide bonds. The molecule has 0 aromatic carbocycles. The van der Waals surface area contributed by atoms with Gasteiger partial charge in [0.1, 0.15) is 0 Å². The van der Waals surface area contributed by atoms with Gasteiger partial charge >= 0.3 is 0 Å². The molecule has 1 aliphatic heterocycles. The molecule has 4 nitrogen and oxygen atoms in total. The number of hydrogen-bond donors (Lipinski definition) is 1. The van der Waals surface area contributed by atoms with Gasteiger partial charge in [-0.15, -0.1) is 0 Å². The van der Waals surface area contributed by atoms with Crippen molar-refractivity contribution in [2.75, 3.05) is 25.4 Å². The minimum absolute atomic E-state index is 0.268. The Morgan fingerprint density at radius 2 is 2.23 bits per heavy atom. The molecule has 2 N–H and O–H groups in total. The maximum Gasteiger partial charge on any atom is 0.214 e.